The van der Waals surface area contributed by atoms with Crippen molar-refractivity contribution in [3.63, 3.8) is 0 Å². The lowest BCUT2D eigenvalue weighted by Gasteiger charge is -2.25. The number of benzene rings is 1. The van der Waals surface area contributed by atoms with Crippen molar-refractivity contribution in [2.45, 2.75) is 44.4 Å². The number of furan rings is 1. The summed E-state index contributed by atoms with van der Waals surface area (Å²) < 4.78 is 38.8. The number of nitrogens with zero attached hydrogens (tertiary/aromatic N) is 2. The van der Waals surface area contributed by atoms with Gasteiger partial charge in [-0.1, -0.05) is 24.3 Å². The predicted molar refractivity (Wildman–Crippen MR) is 132 cm³/mol. The fraction of sp³-hybridized carbons (Fsp3) is 0.400. The highest BCUT2D eigenvalue weighted by molar-refractivity contribution is 7.84. The number of aliphatic hydroxyl groups is 1. The predicted octanol–water partition coefficient (Wildman–Crippen LogP) is 2.04. The summed E-state index contributed by atoms with van der Waals surface area (Å²) in [4.78, 5) is 21.7. The maximum atomic E-state index is 13.5. The molecule has 196 valence electrons. The van der Waals surface area contributed by atoms with Crippen LogP contribution in [0.2, 0.25) is 0 Å². The number of anilines is 1. The van der Waals surface area contributed by atoms with Gasteiger partial charge < -0.3 is 19.6 Å². The number of aromatic nitrogens is 2. The quantitative estimate of drug-likeness (QED) is 0.368. The van der Waals surface area contributed by atoms with Crippen LogP contribution in [0.25, 0.3) is 0 Å². The standard InChI is InChI=1S/C25H28N4O7S/c1-14-19(24-18-5-3-2-4-15(18)6-7-34-24)10-22(36-14)23(31)20-11-27-13-28-25(20)29-17-8-16(21(30)9-17)12-35-37(26,32)33/h2-5,10-11,13,16-17,21,24,30H,6-9,12H2,1H3,(H2,26,32,33)(H,27,28,29)/t16-,17-,21+,24-/m1/s1. The number of hydrogen-bond donors (Lipinski definition) is 3. The van der Waals surface area contributed by atoms with Crippen LogP contribution in [0.15, 0.2) is 47.3 Å². The zero-order chi connectivity index (χ0) is 26.2. The van der Waals surface area contributed by atoms with E-state index in [-0.39, 0.29) is 30.1 Å². The Morgan fingerprint density at radius 2 is 2.08 bits per heavy atom. The fourth-order valence-electron chi connectivity index (χ4n) is 5.04. The van der Waals surface area contributed by atoms with Crippen LogP contribution in [-0.4, -0.2) is 54.6 Å². The first kappa shape index (κ1) is 25.5. The Bertz CT molecular complexity index is 1410. The van der Waals surface area contributed by atoms with Crippen molar-refractivity contribution in [3.8, 4) is 0 Å². The van der Waals surface area contributed by atoms with Crippen molar-refractivity contribution in [2.24, 2.45) is 11.1 Å². The number of carbonyl (C=O) groups is 1. The van der Waals surface area contributed by atoms with Crippen molar-refractivity contribution in [1.82, 2.24) is 9.97 Å². The van der Waals surface area contributed by atoms with Gasteiger partial charge in [0.2, 0.25) is 5.78 Å². The van der Waals surface area contributed by atoms with Crippen molar-refractivity contribution < 1.29 is 31.7 Å². The van der Waals surface area contributed by atoms with E-state index in [4.69, 9.17) is 14.3 Å². The molecule has 0 amide bonds. The van der Waals surface area contributed by atoms with Crippen molar-refractivity contribution in [2.75, 3.05) is 18.5 Å². The first-order valence-electron chi connectivity index (χ1n) is 12.0. The van der Waals surface area contributed by atoms with Gasteiger partial charge in [0.1, 0.15) is 24.0 Å². The van der Waals surface area contributed by atoms with Gasteiger partial charge in [-0.15, -0.1) is 0 Å². The smallest absolute Gasteiger partial charge is 0.333 e. The molecular weight excluding hydrogens is 500 g/mol. The van der Waals surface area contributed by atoms with Crippen LogP contribution in [-0.2, 0) is 25.6 Å². The third-order valence-electron chi connectivity index (χ3n) is 6.86. The van der Waals surface area contributed by atoms with Gasteiger partial charge in [0, 0.05) is 23.7 Å². The van der Waals surface area contributed by atoms with Gasteiger partial charge in [0.25, 0.3) is 0 Å². The lowest BCUT2D eigenvalue weighted by atomic mass is 9.93. The molecule has 2 aromatic heterocycles. The monoisotopic (exact) mass is 528 g/mol. The molecule has 1 aliphatic heterocycles. The molecule has 0 spiro atoms. The van der Waals surface area contributed by atoms with Crippen molar-refractivity contribution in [3.05, 3.63) is 76.6 Å². The molecule has 3 aromatic rings. The summed E-state index contributed by atoms with van der Waals surface area (Å²) in [6.07, 6.45) is 3.16. The van der Waals surface area contributed by atoms with Gasteiger partial charge in [-0.05, 0) is 43.4 Å². The Kier molecular flexibility index (Phi) is 7.10. The Morgan fingerprint density at radius 3 is 2.89 bits per heavy atom. The Morgan fingerprint density at radius 1 is 1.27 bits per heavy atom. The SMILES string of the molecule is Cc1oc(C(=O)c2cncnc2N[C@@H]2C[C@H](COS(N)(=O)=O)[C@@H](O)C2)cc1[C@@H]1OCCc2ccccc21. The summed E-state index contributed by atoms with van der Waals surface area (Å²) in [5, 5.41) is 18.4. The molecule has 11 nitrogen and oxygen atoms in total. The van der Waals surface area contributed by atoms with E-state index in [9.17, 15) is 18.3 Å². The number of aliphatic hydroxyl groups excluding tert-OH is 1. The van der Waals surface area contributed by atoms with Crippen LogP contribution in [0, 0.1) is 12.8 Å². The van der Waals surface area contributed by atoms with Crippen LogP contribution in [0.1, 0.15) is 57.5 Å². The third kappa shape index (κ3) is 5.58. The number of fused-ring (bicyclic) bond motifs is 1. The summed E-state index contributed by atoms with van der Waals surface area (Å²) in [6.45, 7) is 2.15. The summed E-state index contributed by atoms with van der Waals surface area (Å²) >= 11 is 0. The molecule has 1 aliphatic carbocycles. The molecule has 1 aromatic carbocycles. The lowest BCUT2D eigenvalue weighted by Crippen LogP contribution is -2.24. The maximum Gasteiger partial charge on any atom is 0.333 e. The minimum absolute atomic E-state index is 0.142. The van der Waals surface area contributed by atoms with E-state index in [2.05, 4.69) is 25.5 Å². The number of nitrogens with one attached hydrogen (secondary N) is 1. The summed E-state index contributed by atoms with van der Waals surface area (Å²) in [7, 11) is -4.10. The molecule has 37 heavy (non-hydrogen) atoms. The minimum Gasteiger partial charge on any atom is -0.457 e. The molecule has 12 heteroatoms. The zero-order valence-electron chi connectivity index (χ0n) is 20.2. The number of hydrogen-bond acceptors (Lipinski definition) is 10. The van der Waals surface area contributed by atoms with E-state index >= 15 is 0 Å². The van der Waals surface area contributed by atoms with E-state index in [1.165, 1.54) is 18.1 Å². The van der Waals surface area contributed by atoms with E-state index < -0.39 is 28.1 Å². The third-order valence-corrected chi connectivity index (χ3v) is 7.32. The average Bonchev–Trinajstić information content (AvgIpc) is 3.43. The molecule has 1 saturated carbocycles. The zero-order valence-corrected chi connectivity index (χ0v) is 21.0. The van der Waals surface area contributed by atoms with Crippen LogP contribution < -0.4 is 10.5 Å². The molecule has 0 bridgehead atoms. The normalized spacial score (nSPS) is 23.5. The second-order valence-corrected chi connectivity index (χ2v) is 10.6. The van der Waals surface area contributed by atoms with Crippen LogP contribution in [0.4, 0.5) is 5.82 Å². The number of aryl methyl sites for hydroxylation is 1. The molecule has 0 saturated heterocycles. The second-order valence-electron chi connectivity index (χ2n) is 9.35. The topological polar surface area (TPSA) is 167 Å². The number of rotatable bonds is 8. The Hall–Kier alpha value is -3.16. The van der Waals surface area contributed by atoms with Gasteiger partial charge in [0.15, 0.2) is 5.76 Å². The molecule has 3 heterocycles. The Labute approximate surface area is 214 Å². The first-order chi connectivity index (χ1) is 17.7. The van der Waals surface area contributed by atoms with Gasteiger partial charge in [-0.25, -0.2) is 15.1 Å². The van der Waals surface area contributed by atoms with Crippen molar-refractivity contribution in [1.29, 1.82) is 0 Å². The van der Waals surface area contributed by atoms with Gasteiger partial charge >= 0.3 is 10.3 Å². The largest absolute Gasteiger partial charge is 0.457 e. The van der Waals surface area contributed by atoms with Crippen LogP contribution >= 0.6 is 0 Å². The highest BCUT2D eigenvalue weighted by atomic mass is 32.2. The van der Waals surface area contributed by atoms with Gasteiger partial charge in [0.05, 0.1) is 24.9 Å². The molecule has 4 atom stereocenters. The van der Waals surface area contributed by atoms with Gasteiger partial charge in [-0.3, -0.25) is 8.98 Å². The van der Waals surface area contributed by atoms with Crippen LogP contribution in [0.5, 0.6) is 0 Å². The van der Waals surface area contributed by atoms with E-state index in [1.807, 2.05) is 18.2 Å². The lowest BCUT2D eigenvalue weighted by molar-refractivity contribution is 0.0689. The average molecular weight is 529 g/mol. The number of ketones is 1. The van der Waals surface area contributed by atoms with Crippen molar-refractivity contribution >= 4 is 21.9 Å². The molecular formula is C25H28N4O7S. The molecule has 4 N–H and O–H groups in total. The van der Waals surface area contributed by atoms with Gasteiger partial charge in [-0.2, -0.15) is 8.42 Å². The van der Waals surface area contributed by atoms with Crippen LogP contribution in [0.3, 0.4) is 0 Å². The number of ether oxygens (including phenoxy) is 1. The van der Waals surface area contributed by atoms with E-state index in [1.54, 1.807) is 13.0 Å². The fourth-order valence-corrected chi connectivity index (χ4v) is 5.40. The van der Waals surface area contributed by atoms with E-state index in [0.717, 1.165) is 17.5 Å². The highest BCUT2D eigenvalue weighted by Crippen LogP contribution is 2.36. The number of nitrogens with two attached hydrogens (primary N) is 1. The molecule has 0 radical (unpaired) electrons. The maximum absolute atomic E-state index is 13.5. The second kappa shape index (κ2) is 10.3. The molecule has 1 fully saturated rings. The number of carbonyl (C=O) groups excluding carboxylic acids is 1. The highest BCUT2D eigenvalue weighted by Gasteiger charge is 2.35. The Balaban J connectivity index is 1.34. The minimum atomic E-state index is -4.10. The summed E-state index contributed by atoms with van der Waals surface area (Å²) in [5.74, 6) is 0.190. The molecule has 5 rings (SSSR count). The summed E-state index contributed by atoms with van der Waals surface area (Å²) in [5.41, 5.74) is 3.27. The molecule has 2 aliphatic rings. The first-order valence-corrected chi connectivity index (χ1v) is 13.4. The molecule has 0 unspecified atom stereocenters. The van der Waals surface area contributed by atoms with E-state index in [0.29, 0.717) is 31.0 Å². The summed E-state index contributed by atoms with van der Waals surface area (Å²) in [6, 6.07) is 9.51.